The van der Waals surface area contributed by atoms with Crippen LogP contribution in [0.1, 0.15) is 28.8 Å². The van der Waals surface area contributed by atoms with E-state index in [-0.39, 0.29) is 17.7 Å². The van der Waals surface area contributed by atoms with E-state index in [4.69, 9.17) is 0 Å². The molecule has 0 bridgehead atoms. The van der Waals surface area contributed by atoms with E-state index in [1.807, 2.05) is 11.8 Å². The average molecular weight is 251 g/mol. The van der Waals surface area contributed by atoms with E-state index in [0.717, 1.165) is 18.6 Å². The molecule has 1 aromatic carbocycles. The van der Waals surface area contributed by atoms with E-state index < -0.39 is 0 Å². The van der Waals surface area contributed by atoms with Crippen molar-refractivity contribution in [3.8, 4) is 5.75 Å². The summed E-state index contributed by atoms with van der Waals surface area (Å²) in [7, 11) is 0. The van der Waals surface area contributed by atoms with Gasteiger partial charge in [0.2, 0.25) is 0 Å². The van der Waals surface area contributed by atoms with Crippen LogP contribution in [-0.4, -0.2) is 28.6 Å². The first kappa shape index (κ1) is 12.3. The Morgan fingerprint density at radius 3 is 3.06 bits per heavy atom. The van der Waals surface area contributed by atoms with Crippen LogP contribution in [0.3, 0.4) is 0 Å². The molecule has 1 atom stereocenters. The lowest BCUT2D eigenvalue weighted by molar-refractivity contribution is 0.0937. The molecule has 0 aromatic heterocycles. The first-order valence-corrected chi connectivity index (χ1v) is 7.01. The molecule has 0 aliphatic carbocycles. The zero-order valence-corrected chi connectivity index (χ0v) is 10.7. The summed E-state index contributed by atoms with van der Waals surface area (Å²) in [5.41, 5.74) is 1.22. The van der Waals surface area contributed by atoms with Crippen molar-refractivity contribution in [1.29, 1.82) is 0 Å². The van der Waals surface area contributed by atoms with Crippen LogP contribution in [0.15, 0.2) is 18.2 Å². The minimum atomic E-state index is -0.0779. The van der Waals surface area contributed by atoms with E-state index in [1.54, 1.807) is 25.1 Å². The smallest absolute Gasteiger partial charge is 0.251 e. The Morgan fingerprint density at radius 2 is 2.35 bits per heavy atom. The van der Waals surface area contributed by atoms with Gasteiger partial charge in [0, 0.05) is 22.9 Å². The third kappa shape index (κ3) is 2.94. The second-order valence-corrected chi connectivity index (χ2v) is 5.49. The lowest BCUT2D eigenvalue weighted by Gasteiger charge is -2.22. The van der Waals surface area contributed by atoms with E-state index in [2.05, 4.69) is 5.32 Å². The molecule has 2 rings (SSSR count). The molecule has 17 heavy (non-hydrogen) atoms. The lowest BCUT2D eigenvalue weighted by Crippen LogP contribution is -2.38. The van der Waals surface area contributed by atoms with Crippen molar-refractivity contribution in [2.24, 2.45) is 0 Å². The Labute approximate surface area is 106 Å². The predicted molar refractivity (Wildman–Crippen MR) is 70.7 cm³/mol. The topological polar surface area (TPSA) is 49.3 Å². The maximum atomic E-state index is 12.1. The quantitative estimate of drug-likeness (QED) is 0.848. The highest BCUT2D eigenvalue weighted by Crippen LogP contribution is 2.21. The number of thioether (sulfide) groups is 1. The number of amides is 1. The summed E-state index contributed by atoms with van der Waals surface area (Å²) in [6.45, 7) is 1.76. The summed E-state index contributed by atoms with van der Waals surface area (Å²) >= 11 is 1.88. The SMILES string of the molecule is Cc1c(O)cccc1C(=O)NC1CCCSC1. The van der Waals surface area contributed by atoms with Crippen LogP contribution >= 0.6 is 11.8 Å². The highest BCUT2D eigenvalue weighted by atomic mass is 32.2. The van der Waals surface area contributed by atoms with Crippen molar-refractivity contribution in [3.05, 3.63) is 29.3 Å². The van der Waals surface area contributed by atoms with Gasteiger partial charge in [0.1, 0.15) is 5.75 Å². The fourth-order valence-corrected chi connectivity index (χ4v) is 3.06. The summed E-state index contributed by atoms with van der Waals surface area (Å²) in [4.78, 5) is 12.1. The maximum Gasteiger partial charge on any atom is 0.251 e. The van der Waals surface area contributed by atoms with Gasteiger partial charge in [-0.1, -0.05) is 6.07 Å². The van der Waals surface area contributed by atoms with Crippen LogP contribution in [0.4, 0.5) is 0 Å². The average Bonchev–Trinajstić information content (AvgIpc) is 2.34. The Hall–Kier alpha value is -1.16. The van der Waals surface area contributed by atoms with Crippen LogP contribution in [-0.2, 0) is 0 Å². The third-order valence-corrected chi connectivity index (χ3v) is 4.26. The number of benzene rings is 1. The number of phenolic OH excluding ortho intramolecular Hbond substituents is 1. The fourth-order valence-electron chi connectivity index (χ4n) is 1.99. The number of aromatic hydroxyl groups is 1. The van der Waals surface area contributed by atoms with Crippen molar-refractivity contribution in [3.63, 3.8) is 0 Å². The minimum absolute atomic E-state index is 0.0779. The molecule has 1 unspecified atom stereocenters. The van der Waals surface area contributed by atoms with E-state index in [0.29, 0.717) is 11.1 Å². The van der Waals surface area contributed by atoms with Gasteiger partial charge in [-0.25, -0.2) is 0 Å². The number of rotatable bonds is 2. The van der Waals surface area contributed by atoms with Crippen LogP contribution < -0.4 is 5.32 Å². The first-order chi connectivity index (χ1) is 8.18. The standard InChI is InChI=1S/C13H17NO2S/c1-9-11(5-2-6-12(9)15)13(16)14-10-4-3-7-17-8-10/h2,5-6,10,15H,3-4,7-8H2,1H3,(H,14,16). The molecule has 1 fully saturated rings. The largest absolute Gasteiger partial charge is 0.508 e. The van der Waals surface area contributed by atoms with Crippen LogP contribution in [0, 0.1) is 6.92 Å². The molecule has 1 heterocycles. The Balaban J connectivity index is 2.06. The highest BCUT2D eigenvalue weighted by Gasteiger charge is 2.18. The number of hydrogen-bond donors (Lipinski definition) is 2. The predicted octanol–water partition coefficient (Wildman–Crippen LogP) is 2.33. The molecule has 1 aliphatic heterocycles. The molecular formula is C13H17NO2S. The molecule has 1 aliphatic rings. The Morgan fingerprint density at radius 1 is 1.53 bits per heavy atom. The molecule has 0 saturated carbocycles. The molecule has 92 valence electrons. The minimum Gasteiger partial charge on any atom is -0.508 e. The molecule has 0 spiro atoms. The van der Waals surface area contributed by atoms with Gasteiger partial charge >= 0.3 is 0 Å². The molecule has 1 saturated heterocycles. The second-order valence-electron chi connectivity index (χ2n) is 4.34. The number of nitrogens with one attached hydrogen (secondary N) is 1. The first-order valence-electron chi connectivity index (χ1n) is 5.85. The number of carbonyl (C=O) groups is 1. The summed E-state index contributed by atoms with van der Waals surface area (Å²) < 4.78 is 0. The molecule has 3 nitrogen and oxygen atoms in total. The zero-order chi connectivity index (χ0) is 12.3. The van der Waals surface area contributed by atoms with Crippen LogP contribution in [0.25, 0.3) is 0 Å². The Kier molecular flexibility index (Phi) is 3.94. The van der Waals surface area contributed by atoms with Gasteiger partial charge in [-0.3, -0.25) is 4.79 Å². The second kappa shape index (κ2) is 5.45. The molecule has 1 aromatic rings. The van der Waals surface area contributed by atoms with Gasteiger partial charge in [0.15, 0.2) is 0 Å². The highest BCUT2D eigenvalue weighted by molar-refractivity contribution is 7.99. The molecule has 1 amide bonds. The lowest BCUT2D eigenvalue weighted by atomic mass is 10.1. The summed E-state index contributed by atoms with van der Waals surface area (Å²) in [5, 5.41) is 12.6. The third-order valence-electron chi connectivity index (χ3n) is 3.05. The van der Waals surface area contributed by atoms with Crippen LogP contribution in [0.5, 0.6) is 5.75 Å². The van der Waals surface area contributed by atoms with Crippen molar-refractivity contribution in [2.45, 2.75) is 25.8 Å². The molecular weight excluding hydrogens is 234 g/mol. The summed E-state index contributed by atoms with van der Waals surface area (Å²) in [5.74, 6) is 2.28. The normalized spacial score (nSPS) is 19.9. The van der Waals surface area contributed by atoms with Crippen LogP contribution in [0.2, 0.25) is 0 Å². The van der Waals surface area contributed by atoms with Crippen molar-refractivity contribution in [2.75, 3.05) is 11.5 Å². The van der Waals surface area contributed by atoms with E-state index >= 15 is 0 Å². The zero-order valence-electron chi connectivity index (χ0n) is 9.90. The monoisotopic (exact) mass is 251 g/mol. The molecule has 4 heteroatoms. The van der Waals surface area contributed by atoms with Gasteiger partial charge in [0.25, 0.3) is 5.91 Å². The molecule has 0 radical (unpaired) electrons. The number of phenols is 1. The van der Waals surface area contributed by atoms with Gasteiger partial charge in [-0.05, 0) is 37.7 Å². The van der Waals surface area contributed by atoms with Gasteiger partial charge in [0.05, 0.1) is 0 Å². The van der Waals surface area contributed by atoms with E-state index in [1.165, 1.54) is 5.75 Å². The Bertz CT molecular complexity index is 414. The fraction of sp³-hybridized carbons (Fsp3) is 0.462. The van der Waals surface area contributed by atoms with Crippen molar-refractivity contribution < 1.29 is 9.90 Å². The number of carbonyl (C=O) groups excluding carboxylic acids is 1. The van der Waals surface area contributed by atoms with Gasteiger partial charge < -0.3 is 10.4 Å². The molecule has 2 N–H and O–H groups in total. The maximum absolute atomic E-state index is 12.1. The van der Waals surface area contributed by atoms with Gasteiger partial charge in [-0.15, -0.1) is 0 Å². The number of hydrogen-bond acceptors (Lipinski definition) is 3. The van der Waals surface area contributed by atoms with Gasteiger partial charge in [-0.2, -0.15) is 11.8 Å². The van der Waals surface area contributed by atoms with E-state index in [9.17, 15) is 9.90 Å². The summed E-state index contributed by atoms with van der Waals surface area (Å²) in [6.07, 6.45) is 2.21. The summed E-state index contributed by atoms with van der Waals surface area (Å²) in [6, 6.07) is 5.32. The van der Waals surface area contributed by atoms with Crippen molar-refractivity contribution >= 4 is 17.7 Å². The van der Waals surface area contributed by atoms with Crippen molar-refractivity contribution in [1.82, 2.24) is 5.32 Å².